The maximum atomic E-state index is 4.07. The summed E-state index contributed by atoms with van der Waals surface area (Å²) in [5, 5.41) is 12.1. The molecule has 3 heterocycles. The first-order valence-corrected chi connectivity index (χ1v) is 8.11. The Balaban J connectivity index is -0.000000289. The number of rotatable bonds is 0. The van der Waals surface area contributed by atoms with Crippen molar-refractivity contribution in [3.05, 3.63) is 51.0 Å². The van der Waals surface area contributed by atoms with Crippen LogP contribution in [0.5, 0.6) is 0 Å². The fourth-order valence-corrected chi connectivity index (χ4v) is 2.17. The normalized spacial score (nSPS) is 8.62. The van der Waals surface area contributed by atoms with Crippen LogP contribution in [0.25, 0.3) is 0 Å². The minimum Gasteiger partial charge on any atom is -0.426 e. The molecule has 0 N–H and O–H groups in total. The van der Waals surface area contributed by atoms with Gasteiger partial charge in [-0.1, -0.05) is 45.3 Å². The summed E-state index contributed by atoms with van der Waals surface area (Å²) >= 11 is 1.57. The maximum absolute atomic E-state index is 4.07. The summed E-state index contributed by atoms with van der Waals surface area (Å²) in [5.74, 6) is 0. The summed E-state index contributed by atoms with van der Waals surface area (Å²) in [6, 6.07) is 3.06. The minimum atomic E-state index is 0. The van der Waals surface area contributed by atoms with Gasteiger partial charge in [0.25, 0.3) is 0 Å². The molecule has 0 aliphatic rings. The SMILES string of the molecule is Cc1[c-]c(C)n(C)n1.Cc1[c-]nn(C)c1C.Cc1[c-]sc(C)n1.[Y].[Y].[Y]. The molecule has 9 heteroatoms. The second-order valence-electron chi connectivity index (χ2n) is 5.29. The van der Waals surface area contributed by atoms with Gasteiger partial charge in [0, 0.05) is 112 Å². The molecule has 26 heavy (non-hydrogen) atoms. The van der Waals surface area contributed by atoms with E-state index in [4.69, 9.17) is 0 Å². The van der Waals surface area contributed by atoms with Gasteiger partial charge in [0.2, 0.25) is 0 Å². The van der Waals surface area contributed by atoms with Crippen LogP contribution in [0.15, 0.2) is 0 Å². The Hall–Kier alpha value is 1.36. The summed E-state index contributed by atoms with van der Waals surface area (Å²) in [6.07, 6.45) is 2.85. The van der Waals surface area contributed by atoms with Crippen molar-refractivity contribution < 1.29 is 98.1 Å². The van der Waals surface area contributed by atoms with E-state index in [-0.39, 0.29) is 98.1 Å². The molecule has 3 radical (unpaired) electrons. The van der Waals surface area contributed by atoms with Crippen LogP contribution in [0, 0.1) is 59.2 Å². The first kappa shape index (κ1) is 32.0. The molecule has 0 amide bonds. The Morgan fingerprint density at radius 3 is 1.54 bits per heavy atom. The summed E-state index contributed by atoms with van der Waals surface area (Å²) in [6.45, 7) is 11.9. The maximum Gasteiger partial charge on any atom is 0.0265 e. The molecular weight excluding hydrogens is 573 g/mol. The van der Waals surface area contributed by atoms with Crippen molar-refractivity contribution in [2.45, 2.75) is 41.5 Å². The van der Waals surface area contributed by atoms with Crippen LogP contribution in [0.3, 0.4) is 0 Å². The third-order valence-corrected chi connectivity index (χ3v) is 4.00. The zero-order chi connectivity index (χ0) is 17.6. The van der Waals surface area contributed by atoms with Gasteiger partial charge in [0.1, 0.15) is 0 Å². The van der Waals surface area contributed by atoms with Crippen molar-refractivity contribution in [1.29, 1.82) is 0 Å². The van der Waals surface area contributed by atoms with Crippen molar-refractivity contribution in [2.24, 2.45) is 14.1 Å². The molecule has 0 fully saturated rings. The number of aryl methyl sites for hydroxylation is 7. The van der Waals surface area contributed by atoms with Crippen molar-refractivity contribution in [1.82, 2.24) is 24.5 Å². The Labute approximate surface area is 237 Å². The largest absolute Gasteiger partial charge is 0.426 e. The Kier molecular flexibility index (Phi) is 20.0. The van der Waals surface area contributed by atoms with Gasteiger partial charge in [0.15, 0.2) is 0 Å². The van der Waals surface area contributed by atoms with E-state index < -0.39 is 0 Å². The number of hydrogen-bond acceptors (Lipinski definition) is 4. The quantitative estimate of drug-likeness (QED) is 0.375. The standard InChI is InChI=1S/2C6H9N2.C5H6NS.3Y/c1-5-4-7-8(3)6(5)2;1-5-4-6(2)8(3)7-5;1-4-3-7-5(2)6-4;;;/h2*1-3H3;1-2H3;;;/q3*-1;;;. The number of thiazole rings is 1. The molecule has 0 aromatic carbocycles. The van der Waals surface area contributed by atoms with Crippen LogP contribution in [-0.4, -0.2) is 24.5 Å². The molecule has 0 saturated heterocycles. The number of nitrogens with zero attached hydrogens (tertiary/aromatic N) is 5. The molecule has 3 rings (SSSR count). The number of hydrogen-bond donors (Lipinski definition) is 0. The van der Waals surface area contributed by atoms with E-state index in [1.807, 2.05) is 65.0 Å². The van der Waals surface area contributed by atoms with E-state index in [0.29, 0.717) is 0 Å². The van der Waals surface area contributed by atoms with E-state index >= 15 is 0 Å². The smallest absolute Gasteiger partial charge is 0.0265 e. The summed E-state index contributed by atoms with van der Waals surface area (Å²) in [4.78, 5) is 4.07. The molecule has 0 aliphatic heterocycles. The first-order chi connectivity index (χ1) is 10.7. The van der Waals surface area contributed by atoms with Crippen LogP contribution >= 0.6 is 11.3 Å². The molecule has 0 bridgehead atoms. The fourth-order valence-electron chi connectivity index (χ4n) is 1.65. The van der Waals surface area contributed by atoms with Crippen molar-refractivity contribution in [3.8, 4) is 0 Å². The fraction of sp³-hybridized carbons (Fsp3) is 0.471. The van der Waals surface area contributed by atoms with Gasteiger partial charge in [-0.25, -0.2) is 5.10 Å². The minimum absolute atomic E-state index is 0. The monoisotopic (exact) mass is 597 g/mol. The second kappa shape index (κ2) is 16.2. The van der Waals surface area contributed by atoms with Gasteiger partial charge < -0.3 is 36.8 Å². The third kappa shape index (κ3) is 12.0. The molecule has 0 saturated carbocycles. The molecule has 5 nitrogen and oxygen atoms in total. The van der Waals surface area contributed by atoms with Gasteiger partial charge >= 0.3 is 0 Å². The predicted octanol–water partition coefficient (Wildman–Crippen LogP) is 3.23. The summed E-state index contributed by atoms with van der Waals surface area (Å²) in [5.41, 5.74) is 5.37. The van der Waals surface area contributed by atoms with Crippen molar-refractivity contribution in [2.75, 3.05) is 0 Å². The molecule has 0 spiro atoms. The van der Waals surface area contributed by atoms with Crippen LogP contribution in [0.4, 0.5) is 0 Å². The van der Waals surface area contributed by atoms with Crippen LogP contribution in [-0.2, 0) is 112 Å². The zero-order valence-electron chi connectivity index (χ0n) is 16.9. The average molecular weight is 597 g/mol. The van der Waals surface area contributed by atoms with Crippen molar-refractivity contribution >= 4 is 11.3 Å². The van der Waals surface area contributed by atoms with Gasteiger partial charge in [-0.05, 0) is 6.92 Å². The van der Waals surface area contributed by atoms with Crippen molar-refractivity contribution in [3.63, 3.8) is 0 Å². The average Bonchev–Trinajstić information content (AvgIpc) is 3.09. The third-order valence-electron chi connectivity index (χ3n) is 3.21. The Morgan fingerprint density at radius 1 is 0.846 bits per heavy atom. The number of aromatic nitrogens is 5. The molecule has 0 unspecified atom stereocenters. The Morgan fingerprint density at radius 2 is 1.42 bits per heavy atom. The molecule has 3 aromatic rings. The second-order valence-corrected chi connectivity index (χ2v) is 6.28. The van der Waals surface area contributed by atoms with Gasteiger partial charge in [-0.2, -0.15) is 10.9 Å². The van der Waals surface area contributed by atoms with Gasteiger partial charge in [-0.3, -0.25) is 0 Å². The molecule has 0 aliphatic carbocycles. The van der Waals surface area contributed by atoms with E-state index in [2.05, 4.69) is 32.8 Å². The Bertz CT molecular complexity index is 694. The van der Waals surface area contributed by atoms with Crippen LogP contribution in [0.2, 0.25) is 0 Å². The summed E-state index contributed by atoms with van der Waals surface area (Å²) < 4.78 is 3.63. The first-order valence-electron chi connectivity index (χ1n) is 7.29. The van der Waals surface area contributed by atoms with Crippen LogP contribution in [0.1, 0.15) is 33.3 Å². The van der Waals surface area contributed by atoms with E-state index in [0.717, 1.165) is 27.7 Å². The topological polar surface area (TPSA) is 48.5 Å². The molecule has 3 aromatic heterocycles. The molecule has 0 atom stereocenters. The van der Waals surface area contributed by atoms with Gasteiger partial charge in [-0.15, -0.1) is 23.3 Å². The van der Waals surface area contributed by atoms with Crippen LogP contribution < -0.4 is 0 Å². The summed E-state index contributed by atoms with van der Waals surface area (Å²) in [7, 11) is 3.83. The molecule has 135 valence electrons. The van der Waals surface area contributed by atoms with E-state index in [1.165, 1.54) is 5.69 Å². The van der Waals surface area contributed by atoms with Gasteiger partial charge in [0.05, 0.1) is 0 Å². The predicted molar refractivity (Wildman–Crippen MR) is 93.5 cm³/mol. The zero-order valence-corrected chi connectivity index (χ0v) is 26.2. The van der Waals surface area contributed by atoms with E-state index in [1.54, 1.807) is 11.3 Å². The molecular formula is C17H24N5SY3-3. The van der Waals surface area contributed by atoms with E-state index in [9.17, 15) is 0 Å².